The fourth-order valence-electron chi connectivity index (χ4n) is 3.12. The van der Waals surface area contributed by atoms with Crippen LogP contribution in [0, 0.1) is 0 Å². The fourth-order valence-corrected chi connectivity index (χ4v) is 3.12. The molecule has 0 aromatic carbocycles. The lowest BCUT2D eigenvalue weighted by molar-refractivity contribution is -0.138. The first-order valence-corrected chi connectivity index (χ1v) is 7.90. The number of likely N-dealkylation sites (tertiary alicyclic amines) is 1. The Bertz CT molecular complexity index is 367. The lowest BCUT2D eigenvalue weighted by Crippen LogP contribution is -2.53. The van der Waals surface area contributed by atoms with E-state index in [1.54, 1.807) is 0 Å². The van der Waals surface area contributed by atoms with Crippen LogP contribution in [-0.2, 0) is 14.3 Å². The van der Waals surface area contributed by atoms with Crippen molar-refractivity contribution in [3.63, 3.8) is 0 Å². The maximum absolute atomic E-state index is 12.4. The van der Waals surface area contributed by atoms with E-state index in [0.717, 1.165) is 32.5 Å². The van der Waals surface area contributed by atoms with Gasteiger partial charge in [-0.15, -0.1) is 0 Å². The molecule has 1 unspecified atom stereocenters. The van der Waals surface area contributed by atoms with Gasteiger partial charge in [-0.1, -0.05) is 0 Å². The standard InChI is InChI=1S/C15H27N3O3/c1-13-5-3-4-6-18(13)14(19)11-16-7-9-17(10-8-16)15(20)12-21-2/h13H,3-12H2,1-2H3. The number of rotatable bonds is 4. The van der Waals surface area contributed by atoms with Crippen LogP contribution < -0.4 is 0 Å². The van der Waals surface area contributed by atoms with Crippen LogP contribution in [0.5, 0.6) is 0 Å². The molecular weight excluding hydrogens is 270 g/mol. The summed E-state index contributed by atoms with van der Waals surface area (Å²) in [6, 6.07) is 0.371. The van der Waals surface area contributed by atoms with Crippen LogP contribution in [0.2, 0.25) is 0 Å². The van der Waals surface area contributed by atoms with Crippen molar-refractivity contribution in [3.8, 4) is 0 Å². The van der Waals surface area contributed by atoms with E-state index in [0.29, 0.717) is 25.7 Å². The molecule has 1 atom stereocenters. The normalized spacial score (nSPS) is 24.2. The first-order chi connectivity index (χ1) is 10.1. The third-order valence-corrected chi connectivity index (χ3v) is 4.47. The molecule has 6 heteroatoms. The Morgan fingerprint density at radius 1 is 1.05 bits per heavy atom. The summed E-state index contributed by atoms with van der Waals surface area (Å²) < 4.78 is 4.87. The molecule has 0 N–H and O–H groups in total. The third-order valence-electron chi connectivity index (χ3n) is 4.47. The summed E-state index contributed by atoms with van der Waals surface area (Å²) in [7, 11) is 1.53. The Morgan fingerprint density at radius 3 is 2.38 bits per heavy atom. The molecule has 0 aromatic rings. The highest BCUT2D eigenvalue weighted by Crippen LogP contribution is 2.16. The number of hydrogen-bond acceptors (Lipinski definition) is 4. The quantitative estimate of drug-likeness (QED) is 0.743. The number of carbonyl (C=O) groups is 2. The summed E-state index contributed by atoms with van der Waals surface area (Å²) in [6.45, 7) is 6.56. The third kappa shape index (κ3) is 4.41. The second kappa shape index (κ2) is 7.75. The Morgan fingerprint density at radius 2 is 1.76 bits per heavy atom. The minimum atomic E-state index is 0.0353. The van der Waals surface area contributed by atoms with Gasteiger partial charge < -0.3 is 14.5 Å². The van der Waals surface area contributed by atoms with Crippen molar-refractivity contribution >= 4 is 11.8 Å². The minimum absolute atomic E-state index is 0.0353. The second-order valence-corrected chi connectivity index (χ2v) is 6.02. The number of hydrogen-bond donors (Lipinski definition) is 0. The zero-order valence-corrected chi connectivity index (χ0v) is 13.2. The molecule has 0 aromatic heterocycles. The zero-order chi connectivity index (χ0) is 15.2. The number of ether oxygens (including phenoxy) is 1. The molecular formula is C15H27N3O3. The van der Waals surface area contributed by atoms with Crippen LogP contribution >= 0.6 is 0 Å². The molecule has 21 heavy (non-hydrogen) atoms. The number of amides is 2. The van der Waals surface area contributed by atoms with E-state index in [4.69, 9.17) is 4.74 Å². The molecule has 0 bridgehead atoms. The van der Waals surface area contributed by atoms with Crippen molar-refractivity contribution in [1.82, 2.24) is 14.7 Å². The average molecular weight is 297 g/mol. The number of carbonyl (C=O) groups excluding carboxylic acids is 2. The van der Waals surface area contributed by atoms with Crippen molar-refractivity contribution in [2.75, 3.05) is 53.0 Å². The van der Waals surface area contributed by atoms with Gasteiger partial charge in [0.15, 0.2) is 0 Å². The van der Waals surface area contributed by atoms with Gasteiger partial charge in [-0.3, -0.25) is 14.5 Å². The Kier molecular flexibility index (Phi) is 5.99. The lowest BCUT2D eigenvalue weighted by Gasteiger charge is -2.38. The number of piperidine rings is 1. The van der Waals surface area contributed by atoms with Gasteiger partial charge in [-0.05, 0) is 26.2 Å². The van der Waals surface area contributed by atoms with E-state index in [-0.39, 0.29) is 18.4 Å². The monoisotopic (exact) mass is 297 g/mol. The summed E-state index contributed by atoms with van der Waals surface area (Å²) >= 11 is 0. The van der Waals surface area contributed by atoms with Gasteiger partial charge in [0.2, 0.25) is 11.8 Å². The average Bonchev–Trinajstić information content (AvgIpc) is 2.48. The predicted octanol–water partition coefficient (Wildman–Crippen LogP) is 0.178. The van der Waals surface area contributed by atoms with E-state index >= 15 is 0 Å². The first kappa shape index (κ1) is 16.2. The van der Waals surface area contributed by atoms with Crippen molar-refractivity contribution in [1.29, 1.82) is 0 Å². The summed E-state index contributed by atoms with van der Waals surface area (Å²) in [5.41, 5.74) is 0. The van der Waals surface area contributed by atoms with Gasteiger partial charge in [0.05, 0.1) is 6.54 Å². The number of nitrogens with zero attached hydrogens (tertiary/aromatic N) is 3. The van der Waals surface area contributed by atoms with Crippen molar-refractivity contribution in [2.45, 2.75) is 32.2 Å². The second-order valence-electron chi connectivity index (χ2n) is 6.02. The maximum atomic E-state index is 12.4. The van der Waals surface area contributed by atoms with Gasteiger partial charge in [-0.25, -0.2) is 0 Å². The van der Waals surface area contributed by atoms with E-state index in [1.165, 1.54) is 13.5 Å². The molecule has 2 aliphatic rings. The fraction of sp³-hybridized carbons (Fsp3) is 0.867. The molecule has 6 nitrogen and oxygen atoms in total. The van der Waals surface area contributed by atoms with Crippen molar-refractivity contribution < 1.29 is 14.3 Å². The Hall–Kier alpha value is -1.14. The van der Waals surface area contributed by atoms with E-state index < -0.39 is 0 Å². The number of methoxy groups -OCH3 is 1. The van der Waals surface area contributed by atoms with Crippen molar-refractivity contribution in [3.05, 3.63) is 0 Å². The topological polar surface area (TPSA) is 53.1 Å². The summed E-state index contributed by atoms with van der Waals surface area (Å²) in [5.74, 6) is 0.270. The molecule has 0 aliphatic carbocycles. The number of piperazine rings is 1. The predicted molar refractivity (Wildman–Crippen MR) is 79.9 cm³/mol. The maximum Gasteiger partial charge on any atom is 0.248 e. The van der Waals surface area contributed by atoms with Crippen LogP contribution in [0.15, 0.2) is 0 Å². The highest BCUT2D eigenvalue weighted by atomic mass is 16.5. The molecule has 2 rings (SSSR count). The van der Waals surface area contributed by atoms with Crippen LogP contribution in [0.3, 0.4) is 0 Å². The van der Waals surface area contributed by atoms with Crippen LogP contribution in [0.4, 0.5) is 0 Å². The molecule has 0 spiro atoms. The minimum Gasteiger partial charge on any atom is -0.375 e. The molecule has 0 saturated carbocycles. The van der Waals surface area contributed by atoms with E-state index in [9.17, 15) is 9.59 Å². The molecule has 2 amide bonds. The lowest BCUT2D eigenvalue weighted by atomic mass is 10.0. The van der Waals surface area contributed by atoms with Gasteiger partial charge in [-0.2, -0.15) is 0 Å². The Labute approximate surface area is 127 Å². The summed E-state index contributed by atoms with van der Waals surface area (Å²) in [5, 5.41) is 0. The molecule has 2 saturated heterocycles. The van der Waals surface area contributed by atoms with E-state index in [2.05, 4.69) is 11.8 Å². The SMILES string of the molecule is COCC(=O)N1CCN(CC(=O)N2CCCCC2C)CC1. The highest BCUT2D eigenvalue weighted by molar-refractivity contribution is 5.79. The molecule has 2 fully saturated rings. The van der Waals surface area contributed by atoms with Crippen molar-refractivity contribution in [2.24, 2.45) is 0 Å². The molecule has 120 valence electrons. The largest absolute Gasteiger partial charge is 0.375 e. The summed E-state index contributed by atoms with van der Waals surface area (Å²) in [6.07, 6.45) is 3.46. The van der Waals surface area contributed by atoms with Crippen LogP contribution in [0.25, 0.3) is 0 Å². The van der Waals surface area contributed by atoms with Crippen LogP contribution in [-0.4, -0.2) is 85.5 Å². The van der Waals surface area contributed by atoms with Gasteiger partial charge in [0.25, 0.3) is 0 Å². The summed E-state index contributed by atoms with van der Waals surface area (Å²) in [4.78, 5) is 30.1. The first-order valence-electron chi connectivity index (χ1n) is 7.90. The van der Waals surface area contributed by atoms with Crippen LogP contribution in [0.1, 0.15) is 26.2 Å². The van der Waals surface area contributed by atoms with Gasteiger partial charge in [0.1, 0.15) is 6.61 Å². The smallest absolute Gasteiger partial charge is 0.248 e. The highest BCUT2D eigenvalue weighted by Gasteiger charge is 2.27. The molecule has 2 aliphatic heterocycles. The van der Waals surface area contributed by atoms with Gasteiger partial charge in [0, 0.05) is 45.9 Å². The zero-order valence-electron chi connectivity index (χ0n) is 13.2. The molecule has 2 heterocycles. The van der Waals surface area contributed by atoms with E-state index in [1.807, 2.05) is 9.80 Å². The Balaban J connectivity index is 1.75. The molecule has 0 radical (unpaired) electrons. The van der Waals surface area contributed by atoms with Gasteiger partial charge >= 0.3 is 0 Å².